The van der Waals surface area contributed by atoms with Gasteiger partial charge in [-0.3, -0.25) is 4.79 Å². The van der Waals surface area contributed by atoms with E-state index >= 15 is 0 Å². The van der Waals surface area contributed by atoms with Crippen molar-refractivity contribution in [3.05, 3.63) is 34.9 Å². The van der Waals surface area contributed by atoms with Crippen molar-refractivity contribution in [2.75, 3.05) is 7.11 Å². The average molecular weight is 239 g/mol. The van der Waals surface area contributed by atoms with Gasteiger partial charge in [0.2, 0.25) is 0 Å². The Kier molecular flexibility index (Phi) is 2.62. The number of carbonyl (C=O) groups excluding carboxylic acids is 2. The van der Waals surface area contributed by atoms with E-state index in [4.69, 9.17) is 11.6 Å². The molecule has 0 saturated heterocycles. The number of hydrogen-bond donors (Lipinski definition) is 0. The van der Waals surface area contributed by atoms with Gasteiger partial charge in [0.15, 0.2) is 11.4 Å². The van der Waals surface area contributed by atoms with Crippen LogP contribution < -0.4 is 0 Å². The van der Waals surface area contributed by atoms with Crippen molar-refractivity contribution >= 4 is 29.4 Å². The Bertz CT molecular complexity index is 577. The highest BCUT2D eigenvalue weighted by Gasteiger charge is 2.17. The van der Waals surface area contributed by atoms with Gasteiger partial charge in [0, 0.05) is 18.0 Å². The summed E-state index contributed by atoms with van der Waals surface area (Å²) in [6, 6.07) is 1.42. The maximum Gasteiger partial charge on any atom is 0.355 e. The zero-order valence-corrected chi connectivity index (χ0v) is 9.06. The second kappa shape index (κ2) is 3.94. The molecule has 0 aliphatic heterocycles. The highest BCUT2D eigenvalue weighted by molar-refractivity contribution is 6.33. The van der Waals surface area contributed by atoms with Crippen molar-refractivity contribution in [2.45, 2.75) is 0 Å². The van der Waals surface area contributed by atoms with Gasteiger partial charge in [0.05, 0.1) is 12.6 Å². The number of ether oxygens (including phenoxy) is 1. The van der Waals surface area contributed by atoms with Crippen LogP contribution in [0.1, 0.15) is 20.8 Å². The molecule has 16 heavy (non-hydrogen) atoms. The second-order valence-electron chi connectivity index (χ2n) is 3.03. The van der Waals surface area contributed by atoms with Gasteiger partial charge in [-0.05, 0) is 6.07 Å². The number of aromatic nitrogens is 2. The summed E-state index contributed by atoms with van der Waals surface area (Å²) in [5.41, 5.74) is 0.946. The number of nitrogens with zero attached hydrogens (tertiary/aromatic N) is 2. The molecule has 2 rings (SSSR count). The number of hydrogen-bond acceptors (Lipinski definition) is 4. The van der Waals surface area contributed by atoms with Crippen LogP contribution in [-0.2, 0) is 4.74 Å². The molecule has 2 aromatic rings. The lowest BCUT2D eigenvalue weighted by Gasteiger charge is -2.00. The first-order valence-corrected chi connectivity index (χ1v) is 4.76. The number of methoxy groups -OCH3 is 1. The molecule has 0 saturated carbocycles. The quantitative estimate of drug-likeness (QED) is 0.589. The molecule has 0 amide bonds. The standard InChI is InChI=1S/C10H7ClN2O3/c1-16-10(15)7-4-6(5-14)8-9(11)12-2-3-13(7)8/h2-5H,1H3. The van der Waals surface area contributed by atoms with Gasteiger partial charge < -0.3 is 9.14 Å². The fourth-order valence-corrected chi connectivity index (χ4v) is 1.75. The second-order valence-corrected chi connectivity index (χ2v) is 3.39. The molecule has 6 heteroatoms. The Hall–Kier alpha value is -1.88. The van der Waals surface area contributed by atoms with Crippen LogP contribution in [-0.4, -0.2) is 28.7 Å². The topological polar surface area (TPSA) is 60.7 Å². The van der Waals surface area contributed by atoms with Crippen LogP contribution in [0, 0.1) is 0 Å². The summed E-state index contributed by atoms with van der Waals surface area (Å²) in [4.78, 5) is 26.1. The van der Waals surface area contributed by atoms with Crippen molar-refractivity contribution in [1.29, 1.82) is 0 Å². The summed E-state index contributed by atoms with van der Waals surface area (Å²) in [6.07, 6.45) is 3.60. The summed E-state index contributed by atoms with van der Waals surface area (Å²) in [6.45, 7) is 0. The third-order valence-electron chi connectivity index (χ3n) is 2.19. The molecule has 0 unspecified atom stereocenters. The summed E-state index contributed by atoms with van der Waals surface area (Å²) in [5.74, 6) is -0.537. The van der Waals surface area contributed by atoms with E-state index in [-0.39, 0.29) is 10.8 Å². The highest BCUT2D eigenvalue weighted by Crippen LogP contribution is 2.22. The first kappa shape index (κ1) is 10.6. The van der Waals surface area contributed by atoms with E-state index < -0.39 is 5.97 Å². The zero-order chi connectivity index (χ0) is 11.7. The van der Waals surface area contributed by atoms with E-state index in [0.717, 1.165) is 0 Å². The molecule has 5 nitrogen and oxygen atoms in total. The third kappa shape index (κ3) is 1.45. The van der Waals surface area contributed by atoms with Crippen LogP contribution in [0.25, 0.3) is 5.52 Å². The zero-order valence-electron chi connectivity index (χ0n) is 8.31. The van der Waals surface area contributed by atoms with Crippen LogP contribution in [0.4, 0.5) is 0 Å². The normalized spacial score (nSPS) is 10.4. The largest absolute Gasteiger partial charge is 0.464 e. The van der Waals surface area contributed by atoms with Gasteiger partial charge >= 0.3 is 5.97 Å². The van der Waals surface area contributed by atoms with Crippen molar-refractivity contribution in [1.82, 2.24) is 9.38 Å². The lowest BCUT2D eigenvalue weighted by atomic mass is 10.3. The fourth-order valence-electron chi connectivity index (χ4n) is 1.50. The lowest BCUT2D eigenvalue weighted by Crippen LogP contribution is -2.05. The monoisotopic (exact) mass is 238 g/mol. The Morgan fingerprint density at radius 2 is 2.38 bits per heavy atom. The Morgan fingerprint density at radius 3 is 3.00 bits per heavy atom. The molecule has 0 fully saturated rings. The summed E-state index contributed by atoms with van der Waals surface area (Å²) >= 11 is 5.86. The molecule has 0 atom stereocenters. The predicted molar refractivity (Wildman–Crippen MR) is 56.9 cm³/mol. The smallest absolute Gasteiger partial charge is 0.355 e. The number of carbonyl (C=O) groups is 2. The molecule has 0 radical (unpaired) electrons. The SMILES string of the molecule is COC(=O)c1cc(C=O)c2c(Cl)nccn12. The number of halogens is 1. The van der Waals surface area contributed by atoms with E-state index in [1.807, 2.05) is 0 Å². The van der Waals surface area contributed by atoms with Crippen molar-refractivity contribution in [3.8, 4) is 0 Å². The summed E-state index contributed by atoms with van der Waals surface area (Å²) in [5, 5.41) is 0.166. The predicted octanol–water partition coefficient (Wildman–Crippen LogP) is 1.59. The molecule has 2 heterocycles. The molecular weight excluding hydrogens is 232 g/mol. The number of esters is 1. The highest BCUT2D eigenvalue weighted by atomic mass is 35.5. The van der Waals surface area contributed by atoms with E-state index in [1.165, 1.54) is 23.8 Å². The first-order valence-electron chi connectivity index (χ1n) is 4.38. The van der Waals surface area contributed by atoms with Gasteiger partial charge in [-0.2, -0.15) is 0 Å². The molecule has 2 aromatic heterocycles. The molecule has 0 aliphatic carbocycles. The van der Waals surface area contributed by atoms with Crippen molar-refractivity contribution in [2.24, 2.45) is 0 Å². The molecule has 0 spiro atoms. The van der Waals surface area contributed by atoms with Gasteiger partial charge in [-0.25, -0.2) is 9.78 Å². The van der Waals surface area contributed by atoms with Gasteiger partial charge in [0.25, 0.3) is 0 Å². The number of rotatable bonds is 2. The molecular formula is C10H7ClN2O3. The van der Waals surface area contributed by atoms with E-state index in [9.17, 15) is 9.59 Å². The summed E-state index contributed by atoms with van der Waals surface area (Å²) < 4.78 is 6.08. The van der Waals surface area contributed by atoms with Crippen molar-refractivity contribution < 1.29 is 14.3 Å². The Balaban J connectivity index is 2.83. The van der Waals surface area contributed by atoms with Crippen LogP contribution >= 0.6 is 11.6 Å². The minimum absolute atomic E-state index is 0.166. The minimum atomic E-state index is -0.537. The van der Waals surface area contributed by atoms with E-state index in [1.54, 1.807) is 6.20 Å². The fraction of sp³-hybridized carbons (Fsp3) is 0.100. The van der Waals surface area contributed by atoms with Crippen LogP contribution in [0.5, 0.6) is 0 Å². The maximum absolute atomic E-state index is 11.4. The van der Waals surface area contributed by atoms with Crippen LogP contribution in [0.3, 0.4) is 0 Å². The number of fused-ring (bicyclic) bond motifs is 1. The van der Waals surface area contributed by atoms with Gasteiger partial charge in [-0.1, -0.05) is 11.6 Å². The lowest BCUT2D eigenvalue weighted by molar-refractivity contribution is 0.0593. The Labute approximate surface area is 95.6 Å². The van der Waals surface area contributed by atoms with E-state index in [2.05, 4.69) is 9.72 Å². The molecule has 0 N–H and O–H groups in total. The molecule has 0 bridgehead atoms. The average Bonchev–Trinajstić information content (AvgIpc) is 2.68. The van der Waals surface area contributed by atoms with Gasteiger partial charge in [0.1, 0.15) is 5.69 Å². The minimum Gasteiger partial charge on any atom is -0.464 e. The van der Waals surface area contributed by atoms with Crippen molar-refractivity contribution in [3.63, 3.8) is 0 Å². The molecule has 82 valence electrons. The first-order chi connectivity index (χ1) is 7.69. The van der Waals surface area contributed by atoms with Crippen LogP contribution in [0.15, 0.2) is 18.5 Å². The van der Waals surface area contributed by atoms with Gasteiger partial charge in [-0.15, -0.1) is 0 Å². The van der Waals surface area contributed by atoms with E-state index in [0.29, 0.717) is 17.4 Å². The summed E-state index contributed by atoms with van der Waals surface area (Å²) in [7, 11) is 1.27. The third-order valence-corrected chi connectivity index (χ3v) is 2.46. The molecule has 0 aliphatic rings. The number of aldehydes is 1. The van der Waals surface area contributed by atoms with Crippen LogP contribution in [0.2, 0.25) is 5.15 Å². The maximum atomic E-state index is 11.4. The Morgan fingerprint density at radius 1 is 1.62 bits per heavy atom. The molecule has 0 aromatic carbocycles.